The Morgan fingerprint density at radius 2 is 2.31 bits per heavy atom. The molecule has 1 aliphatic rings. The summed E-state index contributed by atoms with van der Waals surface area (Å²) in [7, 11) is 0. The number of carboxylic acids is 1. The second-order valence-corrected chi connectivity index (χ2v) is 2.84. The lowest BCUT2D eigenvalue weighted by Gasteiger charge is -2.04. The zero-order valence-electron chi connectivity index (χ0n) is 7.12. The third-order valence-corrected chi connectivity index (χ3v) is 1.84. The molecule has 68 valence electrons. The van der Waals surface area contributed by atoms with E-state index in [2.05, 4.69) is 0 Å². The minimum Gasteiger partial charge on any atom is -0.481 e. The summed E-state index contributed by atoms with van der Waals surface area (Å²) in [5.41, 5.74) is 1.58. The van der Waals surface area contributed by atoms with Crippen LogP contribution in [0.2, 0.25) is 0 Å². The van der Waals surface area contributed by atoms with Crippen LogP contribution in [0.15, 0.2) is 29.4 Å². The van der Waals surface area contributed by atoms with Crippen LogP contribution in [-0.2, 0) is 9.59 Å². The molecule has 0 spiro atoms. The third kappa shape index (κ3) is 3.09. The molecule has 0 fully saturated rings. The quantitative estimate of drug-likeness (QED) is 0.666. The van der Waals surface area contributed by atoms with Crippen LogP contribution in [0.3, 0.4) is 0 Å². The largest absolute Gasteiger partial charge is 0.481 e. The molecule has 0 aromatic heterocycles. The fourth-order valence-electron chi connectivity index (χ4n) is 1.10. The van der Waals surface area contributed by atoms with Crippen LogP contribution in [-0.4, -0.2) is 17.0 Å². The molecule has 0 aromatic rings. The van der Waals surface area contributed by atoms with E-state index in [-0.39, 0.29) is 6.42 Å². The second kappa shape index (κ2) is 4.43. The zero-order valence-corrected chi connectivity index (χ0v) is 7.12. The molecule has 3 heteroatoms. The van der Waals surface area contributed by atoms with Crippen molar-refractivity contribution < 1.29 is 14.7 Å². The predicted octanol–water partition coefficient (Wildman–Crippen LogP) is 1.50. The van der Waals surface area contributed by atoms with Gasteiger partial charge in [-0.3, -0.25) is 4.79 Å². The van der Waals surface area contributed by atoms with Crippen LogP contribution in [0.4, 0.5) is 0 Å². The van der Waals surface area contributed by atoms with Gasteiger partial charge in [-0.2, -0.15) is 0 Å². The van der Waals surface area contributed by atoms with Gasteiger partial charge in [0.25, 0.3) is 0 Å². The molecule has 0 unspecified atom stereocenters. The Hall–Kier alpha value is -1.60. The highest BCUT2D eigenvalue weighted by Crippen LogP contribution is 2.16. The normalized spacial score (nSPS) is 15.1. The molecule has 0 amide bonds. The van der Waals surface area contributed by atoms with Crippen molar-refractivity contribution in [3.63, 3.8) is 0 Å². The van der Waals surface area contributed by atoms with Gasteiger partial charge in [0.05, 0.1) is 0 Å². The Morgan fingerprint density at radius 1 is 1.54 bits per heavy atom. The lowest BCUT2D eigenvalue weighted by Crippen LogP contribution is -1.96. The van der Waals surface area contributed by atoms with E-state index in [0.29, 0.717) is 18.4 Å². The maximum Gasteiger partial charge on any atom is 0.303 e. The highest BCUT2D eigenvalue weighted by atomic mass is 16.4. The van der Waals surface area contributed by atoms with E-state index >= 15 is 0 Å². The molecule has 0 radical (unpaired) electrons. The van der Waals surface area contributed by atoms with E-state index in [0.717, 1.165) is 5.57 Å². The van der Waals surface area contributed by atoms with E-state index in [1.807, 2.05) is 12.0 Å². The molecule has 0 atom stereocenters. The van der Waals surface area contributed by atoms with Crippen LogP contribution >= 0.6 is 0 Å². The van der Waals surface area contributed by atoms with Crippen LogP contribution in [0.5, 0.6) is 0 Å². The average molecular weight is 178 g/mol. The topological polar surface area (TPSA) is 54.4 Å². The number of hydrogen-bond donors (Lipinski definition) is 1. The summed E-state index contributed by atoms with van der Waals surface area (Å²) in [6.45, 7) is 0. The first kappa shape index (κ1) is 9.49. The summed E-state index contributed by atoms with van der Waals surface area (Å²) < 4.78 is 0. The van der Waals surface area contributed by atoms with E-state index in [1.165, 1.54) is 0 Å². The molecule has 1 rings (SSSR count). The Labute approximate surface area is 76.1 Å². The van der Waals surface area contributed by atoms with Crippen molar-refractivity contribution in [2.45, 2.75) is 19.3 Å². The number of rotatable bonds is 3. The lowest BCUT2D eigenvalue weighted by molar-refractivity contribution is -0.136. The fourth-order valence-corrected chi connectivity index (χ4v) is 1.10. The minimum absolute atomic E-state index is 0.135. The van der Waals surface area contributed by atoms with E-state index in [9.17, 15) is 9.59 Å². The Balaban J connectivity index is 2.48. The Kier molecular flexibility index (Phi) is 3.23. The van der Waals surface area contributed by atoms with Crippen molar-refractivity contribution in [2.24, 2.45) is 0 Å². The smallest absolute Gasteiger partial charge is 0.303 e. The van der Waals surface area contributed by atoms with E-state index in [1.54, 1.807) is 12.2 Å². The van der Waals surface area contributed by atoms with E-state index in [4.69, 9.17) is 5.11 Å². The predicted molar refractivity (Wildman–Crippen MR) is 47.9 cm³/mol. The molecule has 0 bridgehead atoms. The summed E-state index contributed by atoms with van der Waals surface area (Å²) in [6, 6.07) is 0. The van der Waals surface area contributed by atoms with Crippen LogP contribution in [0, 0.1) is 0 Å². The summed E-state index contributed by atoms with van der Waals surface area (Å²) in [6.07, 6.45) is 6.54. The first-order chi connectivity index (χ1) is 6.22. The molecule has 0 saturated heterocycles. The third-order valence-electron chi connectivity index (χ3n) is 1.84. The van der Waals surface area contributed by atoms with Gasteiger partial charge in [-0.1, -0.05) is 17.7 Å². The molecular weight excluding hydrogens is 168 g/mol. The van der Waals surface area contributed by atoms with Gasteiger partial charge >= 0.3 is 5.97 Å². The van der Waals surface area contributed by atoms with Crippen molar-refractivity contribution in [3.8, 4) is 0 Å². The number of allylic oxidation sites excluding steroid dienone is 5. The molecule has 0 heterocycles. The van der Waals surface area contributed by atoms with Crippen LogP contribution in [0.1, 0.15) is 19.3 Å². The van der Waals surface area contributed by atoms with Gasteiger partial charge in [-0.15, -0.1) is 0 Å². The van der Waals surface area contributed by atoms with Gasteiger partial charge in [0, 0.05) is 18.4 Å². The first-order valence-corrected chi connectivity index (χ1v) is 4.05. The summed E-state index contributed by atoms with van der Waals surface area (Å²) in [4.78, 5) is 20.4. The maximum absolute atomic E-state index is 10.2. The maximum atomic E-state index is 10.2. The van der Waals surface area contributed by atoms with Crippen molar-refractivity contribution >= 4 is 11.9 Å². The zero-order chi connectivity index (χ0) is 9.68. The Morgan fingerprint density at radius 3 is 2.77 bits per heavy atom. The van der Waals surface area contributed by atoms with Gasteiger partial charge in [0.2, 0.25) is 0 Å². The summed E-state index contributed by atoms with van der Waals surface area (Å²) in [5, 5.41) is 8.42. The average Bonchev–Trinajstić information content (AvgIpc) is 2.15. The molecule has 1 aliphatic carbocycles. The SMILES string of the molecule is O=C=C1C=CC(CCC(=O)O)=CC1. The van der Waals surface area contributed by atoms with Gasteiger partial charge in [-0.05, 0) is 12.5 Å². The lowest BCUT2D eigenvalue weighted by atomic mass is 10.0. The highest BCUT2D eigenvalue weighted by Gasteiger charge is 2.03. The number of carboxylic acid groups (broad SMARTS) is 1. The minimum atomic E-state index is -0.800. The van der Waals surface area contributed by atoms with E-state index < -0.39 is 5.97 Å². The number of carbonyl (C=O) groups excluding carboxylic acids is 1. The molecule has 3 nitrogen and oxygen atoms in total. The van der Waals surface area contributed by atoms with Crippen LogP contribution in [0.25, 0.3) is 0 Å². The fraction of sp³-hybridized carbons (Fsp3) is 0.300. The molecule has 13 heavy (non-hydrogen) atoms. The van der Waals surface area contributed by atoms with Crippen molar-refractivity contribution in [1.29, 1.82) is 0 Å². The van der Waals surface area contributed by atoms with Gasteiger partial charge < -0.3 is 5.11 Å². The van der Waals surface area contributed by atoms with Gasteiger partial charge in [0.15, 0.2) is 0 Å². The van der Waals surface area contributed by atoms with Crippen molar-refractivity contribution in [1.82, 2.24) is 0 Å². The molecule has 0 aliphatic heterocycles. The molecule has 0 saturated carbocycles. The summed E-state index contributed by atoms with van der Waals surface area (Å²) in [5.74, 6) is 1.01. The number of carbonyl (C=O) groups is 1. The number of hydrogen-bond acceptors (Lipinski definition) is 2. The molecule has 1 N–H and O–H groups in total. The number of aliphatic carboxylic acids is 1. The molecule has 0 aromatic carbocycles. The highest BCUT2D eigenvalue weighted by molar-refractivity contribution is 5.67. The van der Waals surface area contributed by atoms with Crippen molar-refractivity contribution in [3.05, 3.63) is 29.4 Å². The van der Waals surface area contributed by atoms with Crippen molar-refractivity contribution in [2.75, 3.05) is 0 Å². The molecular formula is C10H10O3. The van der Waals surface area contributed by atoms with Gasteiger partial charge in [-0.25, -0.2) is 4.79 Å². The van der Waals surface area contributed by atoms with Crippen LogP contribution < -0.4 is 0 Å². The monoisotopic (exact) mass is 178 g/mol. The second-order valence-electron chi connectivity index (χ2n) is 2.84. The first-order valence-electron chi connectivity index (χ1n) is 4.05. The summed E-state index contributed by atoms with van der Waals surface area (Å²) >= 11 is 0. The standard InChI is InChI=1S/C10H10O3/c11-7-9-3-1-8(2-4-9)5-6-10(12)13/h1-3H,4-6H2,(H,12,13). The Bertz CT molecular complexity index is 317. The van der Waals surface area contributed by atoms with Gasteiger partial charge in [0.1, 0.15) is 5.94 Å².